The Morgan fingerprint density at radius 2 is 1.79 bits per heavy atom. The molecule has 1 rings (SSSR count). The molecular weight excluding hydrogens is 172 g/mol. The average molecular weight is 192 g/mol. The highest BCUT2D eigenvalue weighted by Crippen LogP contribution is 2.07. The zero-order valence-corrected chi connectivity index (χ0v) is 9.08. The Kier molecular flexibility index (Phi) is 5.96. The van der Waals surface area contributed by atoms with Crippen LogP contribution in [-0.2, 0) is 6.42 Å². The predicted molar refractivity (Wildman–Crippen MR) is 59.1 cm³/mol. The maximum atomic E-state index is 4.25. The minimum Gasteiger partial charge on any atom is -0.261 e. The molecule has 78 valence electrons. The first-order valence-electron chi connectivity index (χ1n) is 5.68. The number of aromatic nitrogens is 2. The number of aryl methyl sites for hydroxylation is 1. The molecule has 0 N–H and O–H groups in total. The second-order valence-electron chi connectivity index (χ2n) is 3.71. The molecule has 0 spiro atoms. The molecule has 0 fully saturated rings. The van der Waals surface area contributed by atoms with Crippen LogP contribution in [0.3, 0.4) is 0 Å². The van der Waals surface area contributed by atoms with E-state index in [4.69, 9.17) is 0 Å². The average Bonchev–Trinajstić information content (AvgIpc) is 2.25. The highest BCUT2D eigenvalue weighted by molar-refractivity contribution is 4.94. The van der Waals surface area contributed by atoms with Crippen molar-refractivity contribution in [2.24, 2.45) is 0 Å². The fourth-order valence-electron chi connectivity index (χ4n) is 1.55. The van der Waals surface area contributed by atoms with E-state index in [1.165, 1.54) is 38.5 Å². The van der Waals surface area contributed by atoms with Gasteiger partial charge in [-0.2, -0.15) is 0 Å². The molecule has 2 heteroatoms. The summed E-state index contributed by atoms with van der Waals surface area (Å²) in [6.45, 7) is 2.25. The highest BCUT2D eigenvalue weighted by Gasteiger charge is 1.94. The summed E-state index contributed by atoms with van der Waals surface area (Å²) in [6, 6.07) is 0. The molecule has 14 heavy (non-hydrogen) atoms. The summed E-state index contributed by atoms with van der Waals surface area (Å²) in [7, 11) is 0. The van der Waals surface area contributed by atoms with E-state index in [2.05, 4.69) is 16.9 Å². The Balaban J connectivity index is 1.99. The van der Waals surface area contributed by atoms with Gasteiger partial charge in [0, 0.05) is 18.6 Å². The minimum atomic E-state index is 1.08. The van der Waals surface area contributed by atoms with Gasteiger partial charge >= 0.3 is 0 Å². The topological polar surface area (TPSA) is 25.8 Å². The molecule has 0 amide bonds. The number of rotatable bonds is 7. The van der Waals surface area contributed by atoms with Crippen molar-refractivity contribution in [2.75, 3.05) is 0 Å². The Labute approximate surface area is 86.8 Å². The Morgan fingerprint density at radius 1 is 1.00 bits per heavy atom. The van der Waals surface area contributed by atoms with Gasteiger partial charge in [-0.1, -0.05) is 39.0 Å². The molecule has 0 unspecified atom stereocenters. The van der Waals surface area contributed by atoms with Crippen LogP contribution in [0.15, 0.2) is 18.6 Å². The van der Waals surface area contributed by atoms with E-state index in [0.717, 1.165) is 12.1 Å². The van der Waals surface area contributed by atoms with Gasteiger partial charge in [0.2, 0.25) is 0 Å². The molecule has 0 aromatic carbocycles. The largest absolute Gasteiger partial charge is 0.261 e. The number of hydrogen-bond acceptors (Lipinski definition) is 2. The molecule has 0 radical (unpaired) electrons. The zero-order valence-electron chi connectivity index (χ0n) is 9.08. The molecule has 2 nitrogen and oxygen atoms in total. The summed E-state index contributed by atoms with van der Waals surface area (Å²) in [5, 5.41) is 0. The van der Waals surface area contributed by atoms with Crippen LogP contribution in [0.2, 0.25) is 0 Å². The van der Waals surface area contributed by atoms with E-state index in [9.17, 15) is 0 Å². The summed E-state index contributed by atoms with van der Waals surface area (Å²) >= 11 is 0. The second-order valence-corrected chi connectivity index (χ2v) is 3.71. The molecule has 0 bridgehead atoms. The molecular formula is C12H20N2. The first kappa shape index (κ1) is 11.2. The summed E-state index contributed by atoms with van der Waals surface area (Å²) < 4.78 is 0. The van der Waals surface area contributed by atoms with Crippen molar-refractivity contribution in [3.8, 4) is 0 Å². The van der Waals surface area contributed by atoms with Crippen molar-refractivity contribution < 1.29 is 0 Å². The van der Waals surface area contributed by atoms with Gasteiger partial charge in [0.25, 0.3) is 0 Å². The molecule has 1 aromatic heterocycles. The summed E-state index contributed by atoms with van der Waals surface area (Å²) in [5.74, 6) is 0. The van der Waals surface area contributed by atoms with E-state index in [0.29, 0.717) is 0 Å². The van der Waals surface area contributed by atoms with E-state index in [-0.39, 0.29) is 0 Å². The summed E-state index contributed by atoms with van der Waals surface area (Å²) in [6.07, 6.45) is 14.5. The normalized spacial score (nSPS) is 10.4. The predicted octanol–water partition coefficient (Wildman–Crippen LogP) is 3.38. The monoisotopic (exact) mass is 192 g/mol. The first-order valence-corrected chi connectivity index (χ1v) is 5.68. The Bertz CT molecular complexity index is 221. The van der Waals surface area contributed by atoms with E-state index >= 15 is 0 Å². The molecule has 0 aliphatic carbocycles. The molecule has 1 aromatic rings. The van der Waals surface area contributed by atoms with Crippen molar-refractivity contribution in [1.29, 1.82) is 0 Å². The van der Waals surface area contributed by atoms with Crippen molar-refractivity contribution in [1.82, 2.24) is 9.97 Å². The smallest absolute Gasteiger partial charge is 0.0586 e. The SMILES string of the molecule is CCCCCCCCc1cnccn1. The van der Waals surface area contributed by atoms with Crippen LogP contribution in [0.25, 0.3) is 0 Å². The van der Waals surface area contributed by atoms with Gasteiger partial charge in [0.05, 0.1) is 5.69 Å². The van der Waals surface area contributed by atoms with E-state index < -0.39 is 0 Å². The van der Waals surface area contributed by atoms with Gasteiger partial charge < -0.3 is 0 Å². The van der Waals surface area contributed by atoms with Crippen LogP contribution in [0, 0.1) is 0 Å². The van der Waals surface area contributed by atoms with Gasteiger partial charge in [-0.15, -0.1) is 0 Å². The van der Waals surface area contributed by atoms with Crippen LogP contribution in [0.4, 0.5) is 0 Å². The van der Waals surface area contributed by atoms with Crippen LogP contribution < -0.4 is 0 Å². The molecule has 0 saturated carbocycles. The minimum absolute atomic E-state index is 1.08. The molecule has 0 aliphatic heterocycles. The summed E-state index contributed by atoms with van der Waals surface area (Å²) in [5.41, 5.74) is 1.13. The fourth-order valence-corrected chi connectivity index (χ4v) is 1.55. The number of hydrogen-bond donors (Lipinski definition) is 0. The standard InChI is InChI=1S/C12H20N2/c1-2-3-4-5-6-7-8-12-11-13-9-10-14-12/h9-11H,2-8H2,1H3. The third kappa shape index (κ3) is 4.95. The molecule has 1 heterocycles. The fraction of sp³-hybridized carbons (Fsp3) is 0.667. The second kappa shape index (κ2) is 7.48. The quantitative estimate of drug-likeness (QED) is 0.619. The Hall–Kier alpha value is -0.920. The van der Waals surface area contributed by atoms with Gasteiger partial charge in [-0.25, -0.2) is 0 Å². The lowest BCUT2D eigenvalue weighted by atomic mass is 10.1. The third-order valence-electron chi connectivity index (χ3n) is 2.40. The van der Waals surface area contributed by atoms with E-state index in [1.54, 1.807) is 12.4 Å². The van der Waals surface area contributed by atoms with E-state index in [1.807, 2.05) is 6.20 Å². The highest BCUT2D eigenvalue weighted by atomic mass is 14.8. The lowest BCUT2D eigenvalue weighted by Gasteiger charge is -2.00. The number of nitrogens with zero attached hydrogens (tertiary/aromatic N) is 2. The number of unbranched alkanes of at least 4 members (excludes halogenated alkanes) is 5. The lowest BCUT2D eigenvalue weighted by molar-refractivity contribution is 0.604. The van der Waals surface area contributed by atoms with Gasteiger partial charge in [-0.05, 0) is 12.8 Å². The van der Waals surface area contributed by atoms with Gasteiger partial charge in [-0.3, -0.25) is 9.97 Å². The zero-order chi connectivity index (χ0) is 10.1. The van der Waals surface area contributed by atoms with Crippen LogP contribution >= 0.6 is 0 Å². The molecule has 0 atom stereocenters. The van der Waals surface area contributed by atoms with Crippen LogP contribution in [0.1, 0.15) is 51.1 Å². The van der Waals surface area contributed by atoms with Crippen molar-refractivity contribution >= 4 is 0 Å². The lowest BCUT2D eigenvalue weighted by Crippen LogP contribution is -1.90. The van der Waals surface area contributed by atoms with Gasteiger partial charge in [0.15, 0.2) is 0 Å². The summed E-state index contributed by atoms with van der Waals surface area (Å²) in [4.78, 5) is 8.30. The van der Waals surface area contributed by atoms with Crippen molar-refractivity contribution in [3.05, 3.63) is 24.3 Å². The maximum Gasteiger partial charge on any atom is 0.0586 e. The molecule has 0 aliphatic rings. The Morgan fingerprint density at radius 3 is 2.50 bits per heavy atom. The maximum absolute atomic E-state index is 4.25. The van der Waals surface area contributed by atoms with Crippen molar-refractivity contribution in [3.63, 3.8) is 0 Å². The van der Waals surface area contributed by atoms with Crippen LogP contribution in [-0.4, -0.2) is 9.97 Å². The van der Waals surface area contributed by atoms with Crippen LogP contribution in [0.5, 0.6) is 0 Å². The third-order valence-corrected chi connectivity index (χ3v) is 2.40. The van der Waals surface area contributed by atoms with Crippen molar-refractivity contribution in [2.45, 2.75) is 51.9 Å². The first-order chi connectivity index (χ1) is 6.93. The molecule has 0 saturated heterocycles. The van der Waals surface area contributed by atoms with Gasteiger partial charge in [0.1, 0.15) is 0 Å².